The Hall–Kier alpha value is -5.17. The van der Waals surface area contributed by atoms with Gasteiger partial charge in [-0.05, 0) is 71.8 Å². The molecule has 0 aliphatic carbocycles. The van der Waals surface area contributed by atoms with Gasteiger partial charge in [-0.1, -0.05) is 62.4 Å². The van der Waals surface area contributed by atoms with Crippen molar-refractivity contribution in [1.82, 2.24) is 15.0 Å². The molecule has 0 saturated carbocycles. The van der Waals surface area contributed by atoms with Gasteiger partial charge in [0.05, 0.1) is 25.3 Å². The molecule has 0 aliphatic heterocycles. The van der Waals surface area contributed by atoms with Gasteiger partial charge in [-0.3, -0.25) is 4.98 Å². The third-order valence-corrected chi connectivity index (χ3v) is 7.90. The smallest absolute Gasteiger partial charge is 0.137 e. The Morgan fingerprint density at radius 1 is 0.578 bits per heavy atom. The molecule has 0 atom stereocenters. The van der Waals surface area contributed by atoms with Crippen molar-refractivity contribution in [2.24, 2.45) is 0 Å². The number of fused-ring (bicyclic) bond motifs is 2. The zero-order valence-electron chi connectivity index (χ0n) is 26.7. The van der Waals surface area contributed by atoms with Crippen LogP contribution in [0.5, 0.6) is 11.5 Å². The third kappa shape index (κ3) is 7.87. The van der Waals surface area contributed by atoms with Crippen molar-refractivity contribution in [2.75, 3.05) is 24.9 Å². The topological polar surface area (TPSA) is 81.2 Å². The number of hydrogen-bond acceptors (Lipinski definition) is 7. The van der Waals surface area contributed by atoms with Crippen LogP contribution in [-0.4, -0.2) is 29.2 Å². The predicted octanol–water partition coefficient (Wildman–Crippen LogP) is 8.54. The number of nitrogens with zero attached hydrogens (tertiary/aromatic N) is 3. The molecule has 2 aromatic heterocycles. The number of ether oxygens (including phenoxy) is 2. The number of aromatic nitrogens is 3. The first-order valence-corrected chi connectivity index (χ1v) is 15.4. The number of aryl methyl sites for hydroxylation is 3. The van der Waals surface area contributed by atoms with E-state index in [2.05, 4.69) is 101 Å². The monoisotopic (exact) mass is 599 g/mol. The lowest BCUT2D eigenvalue weighted by atomic mass is 10.1. The van der Waals surface area contributed by atoms with Crippen LogP contribution in [-0.2, 0) is 25.9 Å². The van der Waals surface area contributed by atoms with Gasteiger partial charge in [0.1, 0.15) is 23.6 Å². The minimum absolute atomic E-state index is 0.738. The summed E-state index contributed by atoms with van der Waals surface area (Å²) in [7, 11) is 3.33. The van der Waals surface area contributed by atoms with Crippen LogP contribution in [0.4, 0.5) is 11.5 Å². The van der Waals surface area contributed by atoms with Crippen molar-refractivity contribution in [1.29, 1.82) is 0 Å². The maximum absolute atomic E-state index is 5.28. The molecule has 0 radical (unpaired) electrons. The van der Waals surface area contributed by atoms with Crippen molar-refractivity contribution in [3.05, 3.63) is 125 Å². The fourth-order valence-electron chi connectivity index (χ4n) is 5.10. The molecule has 0 fully saturated rings. The molecule has 0 saturated heterocycles. The van der Waals surface area contributed by atoms with E-state index >= 15 is 0 Å². The van der Waals surface area contributed by atoms with Crippen LogP contribution < -0.4 is 20.1 Å². The maximum atomic E-state index is 5.28. The second-order valence-electron chi connectivity index (χ2n) is 10.9. The summed E-state index contributed by atoms with van der Waals surface area (Å²) in [5, 5.41) is 9.07. The van der Waals surface area contributed by atoms with E-state index in [1.165, 1.54) is 22.3 Å². The number of pyridine rings is 1. The van der Waals surface area contributed by atoms with Crippen molar-refractivity contribution < 1.29 is 9.47 Å². The van der Waals surface area contributed by atoms with Crippen LogP contribution in [0.2, 0.25) is 0 Å². The molecule has 6 rings (SSSR count). The minimum atomic E-state index is 0.738. The van der Waals surface area contributed by atoms with E-state index in [0.29, 0.717) is 0 Å². The summed E-state index contributed by atoms with van der Waals surface area (Å²) in [6, 6.07) is 29.2. The largest absolute Gasteiger partial charge is 0.497 e. The molecule has 2 heterocycles. The van der Waals surface area contributed by atoms with Gasteiger partial charge < -0.3 is 20.1 Å². The van der Waals surface area contributed by atoms with Crippen LogP contribution in [0.3, 0.4) is 0 Å². The molecule has 45 heavy (non-hydrogen) atoms. The zero-order valence-corrected chi connectivity index (χ0v) is 26.7. The molecule has 0 amide bonds. The first kappa shape index (κ1) is 31.3. The fourth-order valence-corrected chi connectivity index (χ4v) is 5.10. The molecule has 6 aromatic rings. The van der Waals surface area contributed by atoms with Crippen LogP contribution in [0.15, 0.2) is 97.5 Å². The summed E-state index contributed by atoms with van der Waals surface area (Å²) in [6.07, 6.45) is 5.62. The van der Waals surface area contributed by atoms with Crippen LogP contribution in [0.25, 0.3) is 21.8 Å². The summed E-state index contributed by atoms with van der Waals surface area (Å²) in [6.45, 7) is 7.96. The lowest BCUT2D eigenvalue weighted by Gasteiger charge is -2.13. The van der Waals surface area contributed by atoms with Gasteiger partial charge in [-0.25, -0.2) is 9.97 Å². The highest BCUT2D eigenvalue weighted by Gasteiger charge is 2.08. The van der Waals surface area contributed by atoms with Crippen LogP contribution in [0, 0.1) is 6.92 Å². The van der Waals surface area contributed by atoms with E-state index in [0.717, 1.165) is 76.3 Å². The summed E-state index contributed by atoms with van der Waals surface area (Å²) < 4.78 is 10.5. The minimum Gasteiger partial charge on any atom is -0.497 e. The Kier molecular flexibility index (Phi) is 10.4. The Labute approximate surface area is 265 Å². The van der Waals surface area contributed by atoms with E-state index in [1.807, 2.05) is 36.5 Å². The molecule has 0 bridgehead atoms. The summed E-state index contributed by atoms with van der Waals surface area (Å²) in [4.78, 5) is 13.2. The lowest BCUT2D eigenvalue weighted by Crippen LogP contribution is -2.02. The van der Waals surface area contributed by atoms with Crippen molar-refractivity contribution in [3.63, 3.8) is 0 Å². The lowest BCUT2D eigenvalue weighted by molar-refractivity contribution is 0.415. The van der Waals surface area contributed by atoms with Gasteiger partial charge in [0.25, 0.3) is 0 Å². The molecule has 7 heteroatoms. The molecule has 0 aliphatic rings. The average molecular weight is 600 g/mol. The van der Waals surface area contributed by atoms with Crippen LogP contribution >= 0.6 is 0 Å². The molecule has 7 nitrogen and oxygen atoms in total. The Bertz CT molecular complexity index is 1850. The molecule has 2 N–H and O–H groups in total. The number of anilines is 2. The predicted molar refractivity (Wildman–Crippen MR) is 185 cm³/mol. The van der Waals surface area contributed by atoms with Gasteiger partial charge in [0.15, 0.2) is 0 Å². The Balaban J connectivity index is 0.000000178. The number of hydrogen-bond donors (Lipinski definition) is 2. The first-order valence-electron chi connectivity index (χ1n) is 15.4. The van der Waals surface area contributed by atoms with Crippen LogP contribution in [0.1, 0.15) is 41.7 Å². The zero-order chi connectivity index (χ0) is 31.6. The first-order chi connectivity index (χ1) is 22.0. The van der Waals surface area contributed by atoms with Crippen molar-refractivity contribution in [2.45, 2.75) is 46.7 Å². The normalized spacial score (nSPS) is 10.7. The molecule has 0 unspecified atom stereocenters. The maximum Gasteiger partial charge on any atom is 0.137 e. The average Bonchev–Trinajstić information content (AvgIpc) is 3.10. The second-order valence-corrected chi connectivity index (χ2v) is 10.9. The van der Waals surface area contributed by atoms with Crippen molar-refractivity contribution in [3.8, 4) is 11.5 Å². The Morgan fingerprint density at radius 2 is 1.09 bits per heavy atom. The summed E-state index contributed by atoms with van der Waals surface area (Å²) in [5.41, 5.74) is 9.33. The highest BCUT2D eigenvalue weighted by molar-refractivity contribution is 5.93. The highest BCUT2D eigenvalue weighted by Crippen LogP contribution is 2.29. The fraction of sp³-hybridized carbons (Fsp3) is 0.237. The van der Waals surface area contributed by atoms with Crippen molar-refractivity contribution >= 4 is 33.3 Å². The third-order valence-electron chi connectivity index (χ3n) is 7.90. The van der Waals surface area contributed by atoms with E-state index in [9.17, 15) is 0 Å². The quantitative estimate of drug-likeness (QED) is 0.163. The Morgan fingerprint density at radius 3 is 1.64 bits per heavy atom. The molecular formula is C38H41N5O2. The number of benzene rings is 4. The SMILES string of the molecule is CCc1ccc(CNc2c(C)cnc3cc(OC)ccc23)cc1.CCc1ccc(CNc2ncnc3cc(OC)ccc23)cc1. The molecule has 4 aromatic carbocycles. The van der Waals surface area contributed by atoms with E-state index in [1.54, 1.807) is 20.5 Å². The van der Waals surface area contributed by atoms with E-state index < -0.39 is 0 Å². The van der Waals surface area contributed by atoms with Gasteiger partial charge in [-0.2, -0.15) is 0 Å². The number of rotatable bonds is 10. The number of methoxy groups -OCH3 is 2. The molecule has 230 valence electrons. The standard InChI is InChI=1S/C20H22N2O.C18H19N3O/c1-4-15-5-7-16(8-6-15)13-22-20-14(2)12-21-19-11-17(23-3)9-10-18(19)20;1-3-13-4-6-14(7-5-13)11-19-18-16-9-8-15(22-2)10-17(16)20-12-21-18/h5-12H,4,13H2,1-3H3,(H,21,22);4-10,12H,3,11H2,1-2H3,(H,19,20,21). The van der Waals surface area contributed by atoms with Gasteiger partial charge in [-0.15, -0.1) is 0 Å². The molecular weight excluding hydrogens is 558 g/mol. The molecule has 0 spiro atoms. The van der Waals surface area contributed by atoms with E-state index in [4.69, 9.17) is 9.47 Å². The van der Waals surface area contributed by atoms with Gasteiger partial charge in [0, 0.05) is 47.9 Å². The summed E-state index contributed by atoms with van der Waals surface area (Å²) in [5.74, 6) is 2.47. The second kappa shape index (κ2) is 15.0. The van der Waals surface area contributed by atoms with Gasteiger partial charge in [0.2, 0.25) is 0 Å². The van der Waals surface area contributed by atoms with Gasteiger partial charge >= 0.3 is 0 Å². The number of nitrogens with one attached hydrogen (secondary N) is 2. The summed E-state index contributed by atoms with van der Waals surface area (Å²) >= 11 is 0. The highest BCUT2D eigenvalue weighted by atomic mass is 16.5. The van der Waals surface area contributed by atoms with E-state index in [-0.39, 0.29) is 0 Å².